The Morgan fingerprint density at radius 3 is 2.44 bits per heavy atom. The highest BCUT2D eigenvalue weighted by molar-refractivity contribution is 5.34. The van der Waals surface area contributed by atoms with Gasteiger partial charge in [-0.05, 0) is 36.2 Å². The Kier molecular flexibility index (Phi) is 4.34. The Bertz CT molecular complexity index is 485. The molecule has 0 amide bonds. The van der Waals surface area contributed by atoms with Crippen LogP contribution in [0.2, 0.25) is 0 Å². The highest BCUT2D eigenvalue weighted by Crippen LogP contribution is 2.24. The van der Waals surface area contributed by atoms with E-state index in [1.165, 1.54) is 0 Å². The molecule has 0 aliphatic rings. The summed E-state index contributed by atoms with van der Waals surface area (Å²) in [6.45, 7) is 0.0882. The molecule has 2 aromatic carbocycles. The summed E-state index contributed by atoms with van der Waals surface area (Å²) >= 11 is 0. The first kappa shape index (κ1) is 12.6. The Balaban J connectivity index is 2.12. The van der Waals surface area contributed by atoms with Crippen LogP contribution in [0.4, 0.5) is 0 Å². The number of rotatable bonds is 5. The number of ether oxygens (including phenoxy) is 1. The summed E-state index contributed by atoms with van der Waals surface area (Å²) in [5.41, 5.74) is 6.92. The second-order valence-corrected chi connectivity index (χ2v) is 4.11. The molecule has 2 aromatic rings. The minimum atomic E-state index is -0.158. The van der Waals surface area contributed by atoms with Gasteiger partial charge in [-0.2, -0.15) is 0 Å². The van der Waals surface area contributed by atoms with E-state index in [-0.39, 0.29) is 12.6 Å². The Hall–Kier alpha value is -1.84. The zero-order chi connectivity index (χ0) is 12.8. The SMILES string of the molecule is N[C@H](CCO)c1cccc(Oc2ccccc2)c1. The monoisotopic (exact) mass is 243 g/mol. The van der Waals surface area contributed by atoms with Gasteiger partial charge in [-0.3, -0.25) is 0 Å². The standard InChI is InChI=1S/C15H17NO2/c16-15(9-10-17)12-5-4-8-14(11-12)18-13-6-2-1-3-7-13/h1-8,11,15,17H,9-10,16H2/t15-/m1/s1. The molecule has 3 nitrogen and oxygen atoms in total. The maximum Gasteiger partial charge on any atom is 0.127 e. The largest absolute Gasteiger partial charge is 0.457 e. The number of nitrogens with two attached hydrogens (primary N) is 1. The van der Waals surface area contributed by atoms with Crippen molar-refractivity contribution in [3.05, 3.63) is 60.2 Å². The van der Waals surface area contributed by atoms with Crippen LogP contribution in [0.5, 0.6) is 11.5 Å². The molecule has 0 bridgehead atoms. The second-order valence-electron chi connectivity index (χ2n) is 4.11. The molecule has 0 saturated heterocycles. The van der Waals surface area contributed by atoms with Crippen LogP contribution < -0.4 is 10.5 Å². The van der Waals surface area contributed by atoms with Crippen molar-refractivity contribution in [2.75, 3.05) is 6.61 Å². The highest BCUT2D eigenvalue weighted by Gasteiger charge is 2.06. The number of aliphatic hydroxyl groups excluding tert-OH is 1. The van der Waals surface area contributed by atoms with Gasteiger partial charge in [0.05, 0.1) is 0 Å². The molecule has 0 aromatic heterocycles. The van der Waals surface area contributed by atoms with Crippen molar-refractivity contribution in [2.24, 2.45) is 5.73 Å². The summed E-state index contributed by atoms with van der Waals surface area (Å²) in [4.78, 5) is 0. The number of hydrogen-bond donors (Lipinski definition) is 2. The molecule has 0 saturated carbocycles. The molecular formula is C15H17NO2. The maximum absolute atomic E-state index is 8.89. The van der Waals surface area contributed by atoms with Crippen molar-refractivity contribution in [2.45, 2.75) is 12.5 Å². The van der Waals surface area contributed by atoms with Gasteiger partial charge in [-0.25, -0.2) is 0 Å². The first-order valence-electron chi connectivity index (χ1n) is 5.99. The van der Waals surface area contributed by atoms with Crippen molar-refractivity contribution in [1.29, 1.82) is 0 Å². The fourth-order valence-corrected chi connectivity index (χ4v) is 1.74. The molecule has 0 aliphatic carbocycles. The third kappa shape index (κ3) is 3.32. The van der Waals surface area contributed by atoms with E-state index in [1.54, 1.807) is 0 Å². The maximum atomic E-state index is 8.89. The lowest BCUT2D eigenvalue weighted by Gasteiger charge is -2.12. The third-order valence-electron chi connectivity index (χ3n) is 2.71. The second kappa shape index (κ2) is 6.19. The zero-order valence-corrected chi connectivity index (χ0v) is 10.1. The van der Waals surface area contributed by atoms with Crippen molar-refractivity contribution < 1.29 is 9.84 Å². The Labute approximate surface area is 107 Å². The molecule has 18 heavy (non-hydrogen) atoms. The quantitative estimate of drug-likeness (QED) is 0.849. The van der Waals surface area contributed by atoms with Crippen LogP contribution in [0, 0.1) is 0 Å². The van der Waals surface area contributed by atoms with E-state index in [0.29, 0.717) is 6.42 Å². The number of para-hydroxylation sites is 1. The van der Waals surface area contributed by atoms with Crippen LogP contribution in [0.25, 0.3) is 0 Å². The van der Waals surface area contributed by atoms with Gasteiger partial charge < -0.3 is 15.6 Å². The normalized spacial score (nSPS) is 12.1. The zero-order valence-electron chi connectivity index (χ0n) is 10.1. The molecule has 94 valence electrons. The molecule has 0 spiro atoms. The first-order chi connectivity index (χ1) is 8.79. The molecule has 3 heteroatoms. The van der Waals surface area contributed by atoms with Gasteiger partial charge in [0.1, 0.15) is 11.5 Å². The molecule has 0 heterocycles. The summed E-state index contributed by atoms with van der Waals surface area (Å²) in [6, 6.07) is 17.1. The number of benzene rings is 2. The van der Waals surface area contributed by atoms with Gasteiger partial charge >= 0.3 is 0 Å². The fourth-order valence-electron chi connectivity index (χ4n) is 1.74. The lowest BCUT2D eigenvalue weighted by atomic mass is 10.1. The molecule has 0 radical (unpaired) electrons. The van der Waals surface area contributed by atoms with Crippen LogP contribution in [-0.2, 0) is 0 Å². The van der Waals surface area contributed by atoms with Crippen LogP contribution >= 0.6 is 0 Å². The molecule has 1 atom stereocenters. The molecule has 2 rings (SSSR count). The van der Waals surface area contributed by atoms with Crippen molar-refractivity contribution in [1.82, 2.24) is 0 Å². The number of aliphatic hydroxyl groups is 1. The first-order valence-corrected chi connectivity index (χ1v) is 5.99. The minimum Gasteiger partial charge on any atom is -0.457 e. The fraction of sp³-hybridized carbons (Fsp3) is 0.200. The van der Waals surface area contributed by atoms with Gasteiger partial charge in [0.15, 0.2) is 0 Å². The Morgan fingerprint density at radius 1 is 1.00 bits per heavy atom. The summed E-state index contributed by atoms with van der Waals surface area (Å²) in [6.07, 6.45) is 0.550. The summed E-state index contributed by atoms with van der Waals surface area (Å²) in [5.74, 6) is 1.55. The van der Waals surface area contributed by atoms with Crippen molar-refractivity contribution >= 4 is 0 Å². The third-order valence-corrected chi connectivity index (χ3v) is 2.71. The van der Waals surface area contributed by atoms with Crippen LogP contribution in [0.15, 0.2) is 54.6 Å². The van der Waals surface area contributed by atoms with E-state index in [9.17, 15) is 0 Å². The van der Waals surface area contributed by atoms with E-state index in [4.69, 9.17) is 15.6 Å². The summed E-state index contributed by atoms with van der Waals surface area (Å²) < 4.78 is 5.73. The van der Waals surface area contributed by atoms with E-state index in [1.807, 2.05) is 54.6 Å². The average Bonchev–Trinajstić information content (AvgIpc) is 2.40. The molecule has 3 N–H and O–H groups in total. The van der Waals surface area contributed by atoms with E-state index in [2.05, 4.69) is 0 Å². The molecule has 0 aliphatic heterocycles. The molecular weight excluding hydrogens is 226 g/mol. The van der Waals surface area contributed by atoms with E-state index >= 15 is 0 Å². The minimum absolute atomic E-state index is 0.0882. The predicted octanol–water partition coefficient (Wildman–Crippen LogP) is 2.86. The average molecular weight is 243 g/mol. The topological polar surface area (TPSA) is 55.5 Å². The van der Waals surface area contributed by atoms with Crippen molar-refractivity contribution in [3.63, 3.8) is 0 Å². The number of hydrogen-bond acceptors (Lipinski definition) is 3. The van der Waals surface area contributed by atoms with Gasteiger partial charge in [0, 0.05) is 12.6 Å². The van der Waals surface area contributed by atoms with Gasteiger partial charge in [-0.1, -0.05) is 30.3 Å². The van der Waals surface area contributed by atoms with Gasteiger partial charge in [-0.15, -0.1) is 0 Å². The molecule has 0 fully saturated rings. The van der Waals surface area contributed by atoms with Gasteiger partial charge in [0.25, 0.3) is 0 Å². The highest BCUT2D eigenvalue weighted by atomic mass is 16.5. The summed E-state index contributed by atoms with van der Waals surface area (Å²) in [5, 5.41) is 8.89. The Morgan fingerprint density at radius 2 is 1.72 bits per heavy atom. The van der Waals surface area contributed by atoms with E-state index in [0.717, 1.165) is 17.1 Å². The predicted molar refractivity (Wildman–Crippen MR) is 71.6 cm³/mol. The van der Waals surface area contributed by atoms with Crippen LogP contribution in [-0.4, -0.2) is 11.7 Å². The summed E-state index contributed by atoms with van der Waals surface area (Å²) in [7, 11) is 0. The smallest absolute Gasteiger partial charge is 0.127 e. The van der Waals surface area contributed by atoms with E-state index < -0.39 is 0 Å². The lowest BCUT2D eigenvalue weighted by Crippen LogP contribution is -2.11. The lowest BCUT2D eigenvalue weighted by molar-refractivity contribution is 0.276. The van der Waals surface area contributed by atoms with Crippen molar-refractivity contribution in [3.8, 4) is 11.5 Å². The van der Waals surface area contributed by atoms with Gasteiger partial charge in [0.2, 0.25) is 0 Å². The molecule has 0 unspecified atom stereocenters. The van der Waals surface area contributed by atoms with Crippen LogP contribution in [0.1, 0.15) is 18.0 Å². The van der Waals surface area contributed by atoms with Crippen LogP contribution in [0.3, 0.4) is 0 Å².